The fraction of sp³-hybridized carbons (Fsp3) is 0.273. The number of carbonyl (C=O) groups excluding carboxylic acids is 2. The number of hydrogen-bond donors (Lipinski definition) is 2. The third-order valence-electron chi connectivity index (χ3n) is 8.84. The summed E-state index contributed by atoms with van der Waals surface area (Å²) in [5, 5.41) is 9.72. The van der Waals surface area contributed by atoms with Crippen LogP contribution in [-0.4, -0.2) is 20.4 Å². The average molecular weight is 812 g/mol. The van der Waals surface area contributed by atoms with Crippen LogP contribution in [0.5, 0.6) is 0 Å². The van der Waals surface area contributed by atoms with Crippen LogP contribution in [0.1, 0.15) is 88.5 Å². The van der Waals surface area contributed by atoms with Gasteiger partial charge in [0.15, 0.2) is 12.8 Å². The summed E-state index contributed by atoms with van der Waals surface area (Å²) in [5.41, 5.74) is 11.3. The van der Waals surface area contributed by atoms with Crippen molar-refractivity contribution in [1.29, 1.82) is 0 Å². The molecule has 0 unspecified atom stereocenters. The molecule has 0 aromatic heterocycles. The van der Waals surface area contributed by atoms with E-state index in [1.165, 1.54) is 78.9 Å². The van der Waals surface area contributed by atoms with Gasteiger partial charge in [-0.05, 0) is 46.9 Å². The fourth-order valence-electron chi connectivity index (χ4n) is 6.31. The Morgan fingerprint density at radius 2 is 0.981 bits per heavy atom. The molecule has 2 amide bonds. The first-order chi connectivity index (χ1) is 25.2. The van der Waals surface area contributed by atoms with E-state index in [2.05, 4.69) is 161 Å². The molecule has 0 bridgehead atoms. The van der Waals surface area contributed by atoms with Crippen molar-refractivity contribution in [3.05, 3.63) is 131 Å². The molecule has 52 heavy (non-hydrogen) atoms. The Kier molecular flexibility index (Phi) is 19.2. The van der Waals surface area contributed by atoms with Crippen LogP contribution in [-0.2, 0) is 43.3 Å². The van der Waals surface area contributed by atoms with Gasteiger partial charge in [0.1, 0.15) is 0 Å². The van der Waals surface area contributed by atoms with Crippen molar-refractivity contribution < 1.29 is 30.4 Å². The minimum atomic E-state index is -0.826. The van der Waals surface area contributed by atoms with E-state index in [4.69, 9.17) is 17.0 Å². The third-order valence-corrected chi connectivity index (χ3v) is 8.84. The first kappa shape index (κ1) is 43.0. The first-order valence-electron chi connectivity index (χ1n) is 18.0. The summed E-state index contributed by atoms with van der Waals surface area (Å²) in [6.45, 7) is 13.5. The van der Waals surface area contributed by atoms with Crippen molar-refractivity contribution in [2.24, 2.45) is 0 Å². The zero-order valence-electron chi connectivity index (χ0n) is 31.2. The Labute approximate surface area is 330 Å². The van der Waals surface area contributed by atoms with Crippen molar-refractivity contribution >= 4 is 58.9 Å². The number of rotatable bonds is 12. The predicted molar refractivity (Wildman–Crippen MR) is 222 cm³/mol. The topological polar surface area (TPSA) is 58.2 Å². The molecule has 6 rings (SSSR count). The Hall–Kier alpha value is -3.43. The third kappa shape index (κ3) is 12.3. The molecule has 6 aromatic rings. The van der Waals surface area contributed by atoms with Crippen LogP contribution in [0.4, 0.5) is 0 Å². The zero-order valence-corrected chi connectivity index (χ0v) is 35.1. The van der Waals surface area contributed by atoms with Gasteiger partial charge in [-0.1, -0.05) is 126 Å². The van der Waals surface area contributed by atoms with Crippen LogP contribution in [0, 0.1) is 0 Å². The number of halogens is 2. The predicted octanol–water partition coefficient (Wildman–Crippen LogP) is 12.0. The van der Waals surface area contributed by atoms with E-state index in [-0.39, 0.29) is 0 Å². The Bertz CT molecular complexity index is 1830. The average Bonchev–Trinajstić information content (AvgIpc) is 3.80. The van der Waals surface area contributed by atoms with E-state index in [0.29, 0.717) is 24.7 Å². The summed E-state index contributed by atoms with van der Waals surface area (Å²) in [4.78, 5) is 18.8. The van der Waals surface area contributed by atoms with Gasteiger partial charge in [0, 0.05) is 0 Å². The van der Waals surface area contributed by atoms with Gasteiger partial charge < -0.3 is 10.5 Å². The molecule has 1 radical (unpaired) electrons. The second kappa shape index (κ2) is 23.3. The van der Waals surface area contributed by atoms with Gasteiger partial charge in [0.05, 0.1) is 0 Å². The molecule has 0 fully saturated rings. The van der Waals surface area contributed by atoms with Gasteiger partial charge in [-0.25, -0.2) is 0 Å². The molecule has 0 saturated carbocycles. The summed E-state index contributed by atoms with van der Waals surface area (Å²) in [6, 6.07) is 40.5. The summed E-state index contributed by atoms with van der Waals surface area (Å²) in [7, 11) is 11.0. The van der Waals surface area contributed by atoms with E-state index in [1.54, 1.807) is 0 Å². The number of hydrogen-bond acceptors (Lipinski definition) is 2. The maximum atomic E-state index is 9.38. The molecule has 0 atom stereocenters. The summed E-state index contributed by atoms with van der Waals surface area (Å²) >= 11 is -0.826. The number of aryl methyl sites for hydroxylation is 2. The SMILES string of the molecule is CCCc1ccccc1-c1cccc2[cH-]c(C(C)C)cc12.CCCc1ccccc1-c1cccc2[cH-]c(C(C)C)cc12.O=CN[B]NC=O.[Cl][Zr+2][Cl]. The molecule has 0 spiro atoms. The summed E-state index contributed by atoms with van der Waals surface area (Å²) in [6.07, 6.45) is 5.57. The number of fused-ring (bicyclic) bond motifs is 2. The second-order valence-electron chi connectivity index (χ2n) is 13.1. The molecular weight excluding hydrogens is 761 g/mol. The molecule has 8 heteroatoms. The second-order valence-corrected chi connectivity index (χ2v) is 16.8. The molecule has 0 aliphatic rings. The quantitative estimate of drug-likeness (QED) is 0.0560. The van der Waals surface area contributed by atoms with Crippen molar-refractivity contribution in [2.45, 2.75) is 79.1 Å². The van der Waals surface area contributed by atoms with Crippen LogP contribution in [0.2, 0.25) is 0 Å². The van der Waals surface area contributed by atoms with Gasteiger partial charge >= 0.3 is 45.4 Å². The summed E-state index contributed by atoms with van der Waals surface area (Å²) < 4.78 is 0. The molecule has 269 valence electrons. The first-order valence-corrected chi connectivity index (χ1v) is 24.3. The van der Waals surface area contributed by atoms with Crippen LogP contribution in [0.3, 0.4) is 0 Å². The zero-order chi connectivity index (χ0) is 37.9. The van der Waals surface area contributed by atoms with Crippen LogP contribution >= 0.6 is 17.0 Å². The van der Waals surface area contributed by atoms with Crippen LogP contribution < -0.4 is 10.5 Å². The minimum absolute atomic E-state index is 0.455. The number of carbonyl (C=O) groups is 2. The van der Waals surface area contributed by atoms with Crippen LogP contribution in [0.25, 0.3) is 43.8 Å². The van der Waals surface area contributed by atoms with Crippen LogP contribution in [0.15, 0.2) is 109 Å². The van der Waals surface area contributed by atoms with E-state index < -0.39 is 20.8 Å². The standard InChI is InChI=1S/2C21H23.C2H4BN2O2.2ClH.Zr/c2*1-4-8-16-9-5-6-11-19(16)20-12-7-10-17-13-18(15(2)3)14-21(17)20;6-1-4-3-5-2-7;;;/h2*5-7,9-15H,4,8H2,1-3H3;1-2H,(H,4,6)(H,5,7);2*1H;/q2*-1;;;;+4/p-2. The van der Waals surface area contributed by atoms with Gasteiger partial charge in [0.2, 0.25) is 0 Å². The fourth-order valence-corrected chi connectivity index (χ4v) is 6.31. The Morgan fingerprint density at radius 3 is 1.33 bits per heavy atom. The summed E-state index contributed by atoms with van der Waals surface area (Å²) in [5.74, 6) is 1.16. The maximum absolute atomic E-state index is 9.38. The van der Waals surface area contributed by atoms with E-state index in [9.17, 15) is 9.59 Å². The molecule has 0 aliphatic heterocycles. The molecule has 0 heterocycles. The van der Waals surface area contributed by atoms with Crippen molar-refractivity contribution in [2.75, 3.05) is 0 Å². The normalized spacial score (nSPS) is 10.3. The van der Waals surface area contributed by atoms with E-state index in [1.807, 2.05) is 0 Å². The molecule has 2 N–H and O–H groups in total. The number of nitrogens with one attached hydrogen (secondary N) is 2. The van der Waals surface area contributed by atoms with Gasteiger partial charge in [-0.15, -0.1) is 69.1 Å². The van der Waals surface area contributed by atoms with E-state index in [0.717, 1.165) is 20.4 Å². The molecular formula is C44H50BCl2N2O2Zr. The number of amides is 2. The Balaban J connectivity index is 0.000000224. The van der Waals surface area contributed by atoms with Gasteiger partial charge in [-0.3, -0.25) is 9.59 Å². The molecule has 0 saturated heterocycles. The van der Waals surface area contributed by atoms with E-state index >= 15 is 0 Å². The Morgan fingerprint density at radius 1 is 0.615 bits per heavy atom. The van der Waals surface area contributed by atoms with Crippen molar-refractivity contribution in [3.8, 4) is 22.3 Å². The van der Waals surface area contributed by atoms with Gasteiger partial charge in [-0.2, -0.15) is 12.1 Å². The molecule has 4 nitrogen and oxygen atoms in total. The number of benzene rings is 4. The molecule has 0 aliphatic carbocycles. The van der Waals surface area contributed by atoms with Crippen molar-refractivity contribution in [3.63, 3.8) is 0 Å². The van der Waals surface area contributed by atoms with Gasteiger partial charge in [0.25, 0.3) is 0 Å². The monoisotopic (exact) mass is 809 g/mol. The van der Waals surface area contributed by atoms with Crippen molar-refractivity contribution in [1.82, 2.24) is 10.5 Å². The molecule has 6 aromatic carbocycles.